The lowest BCUT2D eigenvalue weighted by Crippen LogP contribution is -2.23. The molecule has 16 heavy (non-hydrogen) atoms. The number of fused-ring (bicyclic) bond motifs is 2. The van der Waals surface area contributed by atoms with Gasteiger partial charge < -0.3 is 9.36 Å². The van der Waals surface area contributed by atoms with E-state index >= 15 is 0 Å². The first kappa shape index (κ1) is 10.1. The summed E-state index contributed by atoms with van der Waals surface area (Å²) in [5.74, 6) is 1.19. The van der Waals surface area contributed by atoms with Gasteiger partial charge in [-0.05, 0) is 13.0 Å². The zero-order valence-electron chi connectivity index (χ0n) is 8.73. The van der Waals surface area contributed by atoms with Gasteiger partial charge >= 0.3 is 0 Å². The minimum atomic E-state index is 0.288. The van der Waals surface area contributed by atoms with Crippen molar-refractivity contribution in [1.82, 2.24) is 10.1 Å². The Hall–Kier alpha value is -1.07. The Bertz CT molecular complexity index is 418. The summed E-state index contributed by atoms with van der Waals surface area (Å²) < 4.78 is 4.90. The highest BCUT2D eigenvalue weighted by molar-refractivity contribution is 6.29. The lowest BCUT2D eigenvalue weighted by atomic mass is 10.0. The minimum absolute atomic E-state index is 0.288. The predicted molar refractivity (Wildman–Crippen MR) is 58.3 cm³/mol. The van der Waals surface area contributed by atoms with E-state index in [1.807, 2.05) is 0 Å². The molecule has 0 aliphatic carbocycles. The van der Waals surface area contributed by atoms with Gasteiger partial charge in [0.2, 0.25) is 0 Å². The van der Waals surface area contributed by atoms with Crippen molar-refractivity contribution in [3.05, 3.63) is 17.0 Å². The van der Waals surface area contributed by atoms with Crippen LogP contribution in [0.3, 0.4) is 0 Å². The van der Waals surface area contributed by atoms with Crippen LogP contribution in [0.4, 0.5) is 0 Å². The highest BCUT2D eigenvalue weighted by Gasteiger charge is 2.35. The Balaban J connectivity index is 1.55. The first-order valence-electron chi connectivity index (χ1n) is 5.33. The Labute approximate surface area is 98.0 Å². The summed E-state index contributed by atoms with van der Waals surface area (Å²) in [7, 11) is 0. The molecule has 0 spiro atoms. The molecule has 1 aromatic rings. The topological polar surface area (TPSA) is 50.9 Å². The monoisotopic (exact) mass is 241 g/mol. The van der Waals surface area contributed by atoms with Crippen LogP contribution in [0, 0.1) is 5.92 Å². The highest BCUT2D eigenvalue weighted by atomic mass is 35.5. The molecule has 2 fully saturated rings. The van der Waals surface area contributed by atoms with Gasteiger partial charge in [0.05, 0.1) is 5.71 Å². The molecule has 2 atom stereocenters. The number of nitrogens with zero attached hydrogens (tertiary/aromatic N) is 3. The van der Waals surface area contributed by atoms with Crippen molar-refractivity contribution in [3.63, 3.8) is 0 Å². The molecule has 86 valence electrons. The smallest absolute Gasteiger partial charge is 0.178 e. The maximum absolute atomic E-state index is 5.61. The standard InChI is InChI=1S/C10H12ClN3O2/c11-10-3-8(16-13-10)6-15-12-9-5-14-2-1-7(9)4-14/h3,7H,1-2,4-6H2/b12-9+. The molecule has 2 saturated heterocycles. The third-order valence-corrected chi connectivity index (χ3v) is 3.23. The Morgan fingerprint density at radius 3 is 3.25 bits per heavy atom. The van der Waals surface area contributed by atoms with E-state index in [9.17, 15) is 0 Å². The Morgan fingerprint density at radius 2 is 2.62 bits per heavy atom. The van der Waals surface area contributed by atoms with Gasteiger partial charge in [-0.2, -0.15) is 0 Å². The second-order valence-electron chi connectivity index (χ2n) is 4.19. The van der Waals surface area contributed by atoms with Crippen LogP contribution in [0.1, 0.15) is 12.2 Å². The van der Waals surface area contributed by atoms with E-state index in [1.165, 1.54) is 13.0 Å². The Kier molecular flexibility index (Phi) is 2.57. The number of aromatic nitrogens is 1. The number of hydrogen-bond donors (Lipinski definition) is 0. The van der Waals surface area contributed by atoms with Crippen LogP contribution in [0.15, 0.2) is 15.7 Å². The van der Waals surface area contributed by atoms with Crippen LogP contribution in [0.2, 0.25) is 5.15 Å². The maximum atomic E-state index is 5.61. The molecule has 0 radical (unpaired) electrons. The van der Waals surface area contributed by atoms with E-state index in [2.05, 4.69) is 15.2 Å². The van der Waals surface area contributed by atoms with Gasteiger partial charge in [-0.3, -0.25) is 4.90 Å². The van der Waals surface area contributed by atoms with Gasteiger partial charge in [-0.15, -0.1) is 0 Å². The lowest BCUT2D eigenvalue weighted by Gasteiger charge is -2.12. The van der Waals surface area contributed by atoms with Gasteiger partial charge in [0.1, 0.15) is 0 Å². The van der Waals surface area contributed by atoms with Crippen molar-refractivity contribution in [1.29, 1.82) is 0 Å². The number of oxime groups is 1. The second kappa shape index (κ2) is 4.07. The zero-order chi connectivity index (χ0) is 11.0. The second-order valence-corrected chi connectivity index (χ2v) is 4.58. The van der Waals surface area contributed by atoms with E-state index in [1.54, 1.807) is 6.07 Å². The summed E-state index contributed by atoms with van der Waals surface area (Å²) in [6, 6.07) is 1.63. The van der Waals surface area contributed by atoms with Crippen molar-refractivity contribution < 1.29 is 9.36 Å². The average molecular weight is 242 g/mol. The normalized spacial score (nSPS) is 30.2. The summed E-state index contributed by atoms with van der Waals surface area (Å²) in [6.07, 6.45) is 1.20. The molecule has 0 amide bonds. The van der Waals surface area contributed by atoms with Crippen molar-refractivity contribution >= 4 is 17.3 Å². The van der Waals surface area contributed by atoms with E-state index in [4.69, 9.17) is 21.0 Å². The molecule has 3 rings (SSSR count). The molecule has 0 saturated carbocycles. The van der Waals surface area contributed by atoms with Crippen LogP contribution in [0.5, 0.6) is 0 Å². The first-order valence-corrected chi connectivity index (χ1v) is 5.71. The number of rotatable bonds is 3. The van der Waals surface area contributed by atoms with E-state index < -0.39 is 0 Å². The van der Waals surface area contributed by atoms with Gasteiger partial charge in [0.25, 0.3) is 0 Å². The molecule has 2 aliphatic heterocycles. The van der Waals surface area contributed by atoms with Gasteiger partial charge in [0.15, 0.2) is 17.5 Å². The van der Waals surface area contributed by atoms with Crippen molar-refractivity contribution in [2.45, 2.75) is 13.0 Å². The molecule has 6 heteroatoms. The molecule has 1 aromatic heterocycles. The van der Waals surface area contributed by atoms with Crippen LogP contribution in [-0.2, 0) is 11.4 Å². The van der Waals surface area contributed by atoms with Crippen molar-refractivity contribution in [2.75, 3.05) is 19.6 Å². The SMILES string of the molecule is Clc1cc(CO/N=C2\CN3CCC2C3)on1. The number of piperidine rings is 1. The van der Waals surface area contributed by atoms with E-state index in [0.717, 1.165) is 18.8 Å². The quantitative estimate of drug-likeness (QED) is 0.754. The van der Waals surface area contributed by atoms with Crippen LogP contribution < -0.4 is 0 Å². The molecular formula is C10H12ClN3O2. The largest absolute Gasteiger partial charge is 0.387 e. The Morgan fingerprint density at radius 1 is 1.69 bits per heavy atom. The molecule has 5 nitrogen and oxygen atoms in total. The van der Waals surface area contributed by atoms with E-state index in [0.29, 0.717) is 16.8 Å². The molecule has 2 aliphatic rings. The summed E-state index contributed by atoms with van der Waals surface area (Å²) in [5.41, 5.74) is 1.15. The molecular weight excluding hydrogens is 230 g/mol. The van der Waals surface area contributed by atoms with Crippen molar-refractivity contribution in [2.24, 2.45) is 11.1 Å². The summed E-state index contributed by atoms with van der Waals surface area (Å²) in [6.45, 7) is 3.56. The fourth-order valence-electron chi connectivity index (χ4n) is 2.24. The van der Waals surface area contributed by atoms with Gasteiger partial charge in [-0.25, -0.2) is 0 Å². The predicted octanol–water partition coefficient (Wildman–Crippen LogP) is 1.54. The van der Waals surface area contributed by atoms with Gasteiger partial charge in [0, 0.05) is 25.1 Å². The minimum Gasteiger partial charge on any atom is -0.387 e. The fraction of sp³-hybridized carbons (Fsp3) is 0.600. The summed E-state index contributed by atoms with van der Waals surface area (Å²) in [5, 5.41) is 8.06. The van der Waals surface area contributed by atoms with Crippen LogP contribution in [0.25, 0.3) is 0 Å². The maximum Gasteiger partial charge on any atom is 0.178 e. The molecule has 0 N–H and O–H groups in total. The molecule has 3 heterocycles. The van der Waals surface area contributed by atoms with Gasteiger partial charge in [-0.1, -0.05) is 21.9 Å². The zero-order valence-corrected chi connectivity index (χ0v) is 9.48. The van der Waals surface area contributed by atoms with Crippen LogP contribution in [-0.4, -0.2) is 35.4 Å². The van der Waals surface area contributed by atoms with Crippen molar-refractivity contribution in [3.8, 4) is 0 Å². The fourth-order valence-corrected chi connectivity index (χ4v) is 2.40. The lowest BCUT2D eigenvalue weighted by molar-refractivity contribution is 0.107. The first-order chi connectivity index (χ1) is 7.81. The molecule has 2 bridgehead atoms. The van der Waals surface area contributed by atoms with E-state index in [-0.39, 0.29) is 6.61 Å². The number of halogens is 1. The number of hydrogen-bond acceptors (Lipinski definition) is 5. The summed E-state index contributed by atoms with van der Waals surface area (Å²) >= 11 is 5.61. The molecule has 2 unspecified atom stereocenters. The third kappa shape index (κ3) is 1.92. The highest BCUT2D eigenvalue weighted by Crippen LogP contribution is 2.25. The molecule has 0 aromatic carbocycles. The third-order valence-electron chi connectivity index (χ3n) is 3.05. The average Bonchev–Trinajstić information content (AvgIpc) is 2.94. The van der Waals surface area contributed by atoms with Crippen LogP contribution >= 0.6 is 11.6 Å². The summed E-state index contributed by atoms with van der Waals surface area (Å²) in [4.78, 5) is 7.63.